The fraction of sp³-hybridized carbons (Fsp3) is 0.133. The number of carboxylic acid groups (broad SMARTS) is 1. The number of carboxylic acids is 1. The first kappa shape index (κ1) is 12.2. The van der Waals surface area contributed by atoms with Gasteiger partial charge in [0.15, 0.2) is 0 Å². The second-order valence-corrected chi connectivity index (χ2v) is 3.95. The predicted octanol–water partition coefficient (Wildman–Crippen LogP) is 3.26. The second kappa shape index (κ2) is 5.36. The molecule has 3 heteroatoms. The van der Waals surface area contributed by atoms with Gasteiger partial charge in [-0.25, -0.2) is 4.79 Å². The van der Waals surface area contributed by atoms with Crippen molar-refractivity contribution in [3.8, 4) is 0 Å². The number of rotatable bonds is 3. The Kier molecular flexibility index (Phi) is 3.63. The van der Waals surface area contributed by atoms with Crippen molar-refractivity contribution in [3.05, 3.63) is 65.5 Å². The van der Waals surface area contributed by atoms with Gasteiger partial charge in [-0.05, 0) is 41.8 Å². The largest absolute Gasteiger partial charge is 0.497 e. The molecule has 92 valence electrons. The summed E-state index contributed by atoms with van der Waals surface area (Å²) in [5.74, 6) is -0.0926. The third-order valence-electron chi connectivity index (χ3n) is 2.81. The van der Waals surface area contributed by atoms with Crippen LogP contribution in [0.5, 0.6) is 0 Å². The molecule has 0 aromatic heterocycles. The van der Waals surface area contributed by atoms with E-state index < -0.39 is 5.97 Å². The quantitative estimate of drug-likeness (QED) is 0.884. The van der Waals surface area contributed by atoms with Crippen LogP contribution in [0.1, 0.15) is 22.3 Å². The summed E-state index contributed by atoms with van der Waals surface area (Å²) < 4.78 is 5.16. The zero-order valence-corrected chi connectivity index (χ0v) is 10.1. The summed E-state index contributed by atoms with van der Waals surface area (Å²) in [5, 5.41) is 8.85. The van der Waals surface area contributed by atoms with Crippen molar-refractivity contribution in [1.82, 2.24) is 0 Å². The zero-order chi connectivity index (χ0) is 13.0. The molecule has 0 bridgehead atoms. The van der Waals surface area contributed by atoms with Crippen molar-refractivity contribution < 1.29 is 14.6 Å². The molecule has 0 amide bonds. The van der Waals surface area contributed by atoms with Crippen molar-refractivity contribution in [1.29, 1.82) is 0 Å². The first-order chi connectivity index (χ1) is 8.70. The van der Waals surface area contributed by atoms with E-state index >= 15 is 0 Å². The van der Waals surface area contributed by atoms with Gasteiger partial charge in [-0.2, -0.15) is 0 Å². The molecule has 0 fully saturated rings. The first-order valence-corrected chi connectivity index (χ1v) is 5.66. The summed E-state index contributed by atoms with van der Waals surface area (Å²) in [6.45, 7) is 0. The Bertz CT molecular complexity index is 533. The molecule has 0 heterocycles. The Morgan fingerprint density at radius 1 is 1.22 bits per heavy atom. The first-order valence-electron chi connectivity index (χ1n) is 5.66. The van der Waals surface area contributed by atoms with Crippen LogP contribution in [0.2, 0.25) is 0 Å². The van der Waals surface area contributed by atoms with Crippen LogP contribution in [-0.4, -0.2) is 18.2 Å². The van der Waals surface area contributed by atoms with Gasteiger partial charge in [-0.15, -0.1) is 0 Å². The van der Waals surface area contributed by atoms with Crippen LogP contribution in [0, 0.1) is 0 Å². The molecule has 0 atom stereocenters. The van der Waals surface area contributed by atoms with Crippen molar-refractivity contribution in [2.45, 2.75) is 6.42 Å². The van der Waals surface area contributed by atoms with Gasteiger partial charge >= 0.3 is 5.97 Å². The summed E-state index contributed by atoms with van der Waals surface area (Å²) in [6.07, 6.45) is 8.66. The van der Waals surface area contributed by atoms with E-state index in [1.54, 1.807) is 19.2 Å². The van der Waals surface area contributed by atoms with Crippen LogP contribution in [0.25, 0.3) is 5.57 Å². The molecular weight excluding hydrogens is 228 g/mol. The van der Waals surface area contributed by atoms with Gasteiger partial charge in [-0.3, -0.25) is 0 Å². The number of hydrogen-bond acceptors (Lipinski definition) is 2. The maximum Gasteiger partial charge on any atom is 0.335 e. The van der Waals surface area contributed by atoms with Gasteiger partial charge < -0.3 is 9.84 Å². The Hall–Kier alpha value is -2.29. The SMILES string of the molecule is COC1=CC=C(c2ccc(C(=O)O)cc2)CC=C1. The number of ether oxygens (including phenoxy) is 1. The standard InChI is InChI=1S/C15H14O3/c1-18-14-4-2-3-11(9-10-14)12-5-7-13(8-6-12)15(16)17/h2,4-10H,3H2,1H3,(H,16,17). The molecule has 1 aromatic rings. The van der Waals surface area contributed by atoms with Crippen LogP contribution in [0.15, 0.2) is 54.3 Å². The molecular formula is C15H14O3. The fourth-order valence-corrected chi connectivity index (χ4v) is 1.79. The third-order valence-corrected chi connectivity index (χ3v) is 2.81. The van der Waals surface area contributed by atoms with E-state index in [-0.39, 0.29) is 0 Å². The van der Waals surface area contributed by atoms with E-state index in [1.165, 1.54) is 0 Å². The lowest BCUT2D eigenvalue weighted by molar-refractivity contribution is 0.0697. The molecule has 1 aliphatic carbocycles. The third kappa shape index (κ3) is 2.69. The van der Waals surface area contributed by atoms with Crippen molar-refractivity contribution in [3.63, 3.8) is 0 Å². The lowest BCUT2D eigenvalue weighted by Crippen LogP contribution is -1.95. The van der Waals surface area contributed by atoms with Gasteiger partial charge in [0.2, 0.25) is 0 Å². The lowest BCUT2D eigenvalue weighted by Gasteiger charge is -2.04. The van der Waals surface area contributed by atoms with E-state index in [9.17, 15) is 4.79 Å². The lowest BCUT2D eigenvalue weighted by atomic mass is 10.0. The van der Waals surface area contributed by atoms with E-state index in [4.69, 9.17) is 9.84 Å². The number of carbonyl (C=O) groups is 1. The number of benzene rings is 1. The number of allylic oxidation sites excluding steroid dienone is 5. The Balaban J connectivity index is 2.27. The van der Waals surface area contributed by atoms with Crippen LogP contribution in [-0.2, 0) is 4.74 Å². The minimum atomic E-state index is -0.905. The minimum Gasteiger partial charge on any atom is -0.497 e. The van der Waals surface area contributed by atoms with Gasteiger partial charge in [0.1, 0.15) is 5.76 Å². The molecule has 1 aliphatic rings. The summed E-state index contributed by atoms with van der Waals surface area (Å²) in [7, 11) is 1.64. The maximum absolute atomic E-state index is 10.8. The highest BCUT2D eigenvalue weighted by Gasteiger charge is 2.05. The predicted molar refractivity (Wildman–Crippen MR) is 70.2 cm³/mol. The van der Waals surface area contributed by atoms with E-state index in [2.05, 4.69) is 0 Å². The molecule has 1 aromatic carbocycles. The van der Waals surface area contributed by atoms with E-state index in [0.717, 1.165) is 23.3 Å². The molecule has 2 rings (SSSR count). The topological polar surface area (TPSA) is 46.5 Å². The molecule has 3 nitrogen and oxygen atoms in total. The summed E-state index contributed by atoms with van der Waals surface area (Å²) in [4.78, 5) is 10.8. The summed E-state index contributed by atoms with van der Waals surface area (Å²) in [5.41, 5.74) is 2.46. The monoisotopic (exact) mass is 242 g/mol. The smallest absolute Gasteiger partial charge is 0.335 e. The second-order valence-electron chi connectivity index (χ2n) is 3.95. The van der Waals surface area contributed by atoms with Crippen molar-refractivity contribution in [2.75, 3.05) is 7.11 Å². The normalized spacial score (nSPS) is 14.5. The molecule has 0 saturated heterocycles. The number of hydrogen-bond donors (Lipinski definition) is 1. The molecule has 0 saturated carbocycles. The van der Waals surface area contributed by atoms with Crippen molar-refractivity contribution in [2.24, 2.45) is 0 Å². The Labute approximate surface area is 106 Å². The average molecular weight is 242 g/mol. The molecule has 18 heavy (non-hydrogen) atoms. The highest BCUT2D eigenvalue weighted by atomic mass is 16.5. The summed E-state index contributed by atoms with van der Waals surface area (Å²) in [6, 6.07) is 6.89. The molecule has 0 spiro atoms. The highest BCUT2D eigenvalue weighted by Crippen LogP contribution is 2.22. The summed E-state index contributed by atoms with van der Waals surface area (Å²) >= 11 is 0. The average Bonchev–Trinajstić information content (AvgIpc) is 2.64. The van der Waals surface area contributed by atoms with Gasteiger partial charge in [-0.1, -0.05) is 24.3 Å². The van der Waals surface area contributed by atoms with Crippen LogP contribution >= 0.6 is 0 Å². The van der Waals surface area contributed by atoms with Crippen LogP contribution < -0.4 is 0 Å². The van der Waals surface area contributed by atoms with Gasteiger partial charge in [0.05, 0.1) is 12.7 Å². The highest BCUT2D eigenvalue weighted by molar-refractivity contribution is 5.88. The molecule has 0 radical (unpaired) electrons. The number of aromatic carboxylic acids is 1. The van der Waals surface area contributed by atoms with Gasteiger partial charge in [0, 0.05) is 0 Å². The maximum atomic E-state index is 10.8. The Morgan fingerprint density at radius 2 is 1.94 bits per heavy atom. The zero-order valence-electron chi connectivity index (χ0n) is 10.1. The van der Waals surface area contributed by atoms with E-state index in [0.29, 0.717) is 5.56 Å². The Morgan fingerprint density at radius 3 is 2.56 bits per heavy atom. The van der Waals surface area contributed by atoms with E-state index in [1.807, 2.05) is 36.4 Å². The van der Waals surface area contributed by atoms with Gasteiger partial charge in [0.25, 0.3) is 0 Å². The van der Waals surface area contributed by atoms with Crippen LogP contribution in [0.4, 0.5) is 0 Å². The number of methoxy groups -OCH3 is 1. The van der Waals surface area contributed by atoms with Crippen molar-refractivity contribution >= 4 is 11.5 Å². The fourth-order valence-electron chi connectivity index (χ4n) is 1.79. The molecule has 1 N–H and O–H groups in total. The minimum absolute atomic E-state index is 0.302. The van der Waals surface area contributed by atoms with Crippen LogP contribution in [0.3, 0.4) is 0 Å². The molecule has 0 unspecified atom stereocenters. The molecule has 0 aliphatic heterocycles.